The van der Waals surface area contributed by atoms with Crippen LogP contribution in [-0.4, -0.2) is 17.1 Å². The van der Waals surface area contributed by atoms with Gasteiger partial charge in [0.1, 0.15) is 11.1 Å². The molecule has 0 aromatic carbocycles. The van der Waals surface area contributed by atoms with E-state index >= 15 is 0 Å². The molecule has 1 aromatic heterocycles. The van der Waals surface area contributed by atoms with Crippen molar-refractivity contribution >= 4 is 17.3 Å². The highest BCUT2D eigenvalue weighted by molar-refractivity contribution is 7.09. The zero-order valence-corrected chi connectivity index (χ0v) is 14.0. The minimum absolute atomic E-state index is 0.0131. The molecule has 0 saturated heterocycles. The standard InChI is InChI=1S/C16H24N2O2S/c1-9(17)13-18-11(8-21-13)14(19)20-12-7-10-5-6-16(12,4)15(10,2)3/h8-10,12H,5-7,17H2,1-4H3. The lowest BCUT2D eigenvalue weighted by molar-refractivity contribution is -0.0246. The van der Waals surface area contributed by atoms with E-state index in [4.69, 9.17) is 10.5 Å². The summed E-state index contributed by atoms with van der Waals surface area (Å²) in [6.07, 6.45) is 3.40. The van der Waals surface area contributed by atoms with Crippen LogP contribution in [0.25, 0.3) is 0 Å². The van der Waals surface area contributed by atoms with Crippen molar-refractivity contribution in [2.45, 2.75) is 59.1 Å². The van der Waals surface area contributed by atoms with Crippen molar-refractivity contribution in [3.63, 3.8) is 0 Å². The van der Waals surface area contributed by atoms with Crippen LogP contribution < -0.4 is 5.73 Å². The van der Waals surface area contributed by atoms with Gasteiger partial charge in [-0.25, -0.2) is 9.78 Å². The molecule has 1 aromatic rings. The molecular weight excluding hydrogens is 284 g/mol. The largest absolute Gasteiger partial charge is 0.457 e. The van der Waals surface area contributed by atoms with Crippen LogP contribution in [0, 0.1) is 16.7 Å². The molecule has 2 aliphatic carbocycles. The van der Waals surface area contributed by atoms with Crippen LogP contribution in [0.4, 0.5) is 0 Å². The summed E-state index contributed by atoms with van der Waals surface area (Å²) >= 11 is 1.42. The number of esters is 1. The summed E-state index contributed by atoms with van der Waals surface area (Å²) in [4.78, 5) is 16.6. The van der Waals surface area contributed by atoms with E-state index in [2.05, 4.69) is 25.8 Å². The molecule has 2 N–H and O–H groups in total. The Morgan fingerprint density at radius 2 is 2.24 bits per heavy atom. The Kier molecular flexibility index (Phi) is 3.41. The summed E-state index contributed by atoms with van der Waals surface area (Å²) in [7, 11) is 0. The van der Waals surface area contributed by atoms with Crippen molar-refractivity contribution in [2.24, 2.45) is 22.5 Å². The fourth-order valence-corrected chi connectivity index (χ4v) is 4.84. The van der Waals surface area contributed by atoms with Crippen LogP contribution >= 0.6 is 11.3 Å². The van der Waals surface area contributed by atoms with Gasteiger partial charge in [0.05, 0.1) is 6.04 Å². The maximum absolute atomic E-state index is 12.3. The van der Waals surface area contributed by atoms with E-state index in [1.807, 2.05) is 6.92 Å². The second-order valence-corrected chi connectivity index (χ2v) is 8.25. The summed E-state index contributed by atoms with van der Waals surface area (Å²) in [5, 5.41) is 2.53. The molecule has 4 unspecified atom stereocenters. The lowest BCUT2D eigenvalue weighted by Gasteiger charge is -2.38. The number of rotatable bonds is 3. The van der Waals surface area contributed by atoms with E-state index in [0.717, 1.165) is 17.8 Å². The number of hydrogen-bond donors (Lipinski definition) is 1. The number of aromatic nitrogens is 1. The molecule has 2 aliphatic rings. The zero-order valence-electron chi connectivity index (χ0n) is 13.2. The van der Waals surface area contributed by atoms with Gasteiger partial charge in [-0.2, -0.15) is 0 Å². The van der Waals surface area contributed by atoms with Gasteiger partial charge in [-0.1, -0.05) is 20.8 Å². The van der Waals surface area contributed by atoms with Crippen molar-refractivity contribution in [3.8, 4) is 0 Å². The molecular formula is C16H24N2O2S. The average Bonchev–Trinajstić information content (AvgIpc) is 3.02. The second kappa shape index (κ2) is 4.78. The van der Waals surface area contributed by atoms with Crippen LogP contribution in [0.5, 0.6) is 0 Å². The monoisotopic (exact) mass is 308 g/mol. The number of carbonyl (C=O) groups excluding carboxylic acids is 1. The van der Waals surface area contributed by atoms with E-state index < -0.39 is 0 Å². The van der Waals surface area contributed by atoms with Crippen LogP contribution in [0.15, 0.2) is 5.38 Å². The van der Waals surface area contributed by atoms with Crippen molar-refractivity contribution in [1.82, 2.24) is 4.98 Å². The summed E-state index contributed by atoms with van der Waals surface area (Å²) in [6, 6.07) is -0.143. The Morgan fingerprint density at radius 1 is 1.52 bits per heavy atom. The van der Waals surface area contributed by atoms with Gasteiger partial charge >= 0.3 is 5.97 Å². The Morgan fingerprint density at radius 3 is 2.71 bits per heavy atom. The molecule has 5 heteroatoms. The Balaban J connectivity index is 1.74. The van der Waals surface area contributed by atoms with Gasteiger partial charge in [0.15, 0.2) is 5.69 Å². The fourth-order valence-electron chi connectivity index (χ4n) is 4.09. The number of carbonyl (C=O) groups is 1. The number of ether oxygens (including phenoxy) is 1. The smallest absolute Gasteiger partial charge is 0.358 e. The number of nitrogens with two attached hydrogens (primary N) is 1. The molecule has 4 nitrogen and oxygen atoms in total. The Hall–Kier alpha value is -0.940. The minimum Gasteiger partial charge on any atom is -0.457 e. The van der Waals surface area contributed by atoms with Crippen molar-refractivity contribution < 1.29 is 9.53 Å². The average molecular weight is 308 g/mol. The van der Waals surface area contributed by atoms with E-state index in [9.17, 15) is 4.79 Å². The first-order valence-corrected chi connectivity index (χ1v) is 8.55. The predicted molar refractivity (Wildman–Crippen MR) is 83.1 cm³/mol. The van der Waals surface area contributed by atoms with E-state index in [0.29, 0.717) is 11.6 Å². The second-order valence-electron chi connectivity index (χ2n) is 7.36. The van der Waals surface area contributed by atoms with Crippen LogP contribution in [0.3, 0.4) is 0 Å². The molecule has 2 saturated carbocycles. The van der Waals surface area contributed by atoms with E-state index in [1.165, 1.54) is 17.8 Å². The molecule has 116 valence electrons. The van der Waals surface area contributed by atoms with Gasteiger partial charge in [0.2, 0.25) is 0 Å². The molecule has 3 rings (SSSR count). The normalized spacial score (nSPS) is 34.9. The molecule has 0 radical (unpaired) electrons. The van der Waals surface area contributed by atoms with E-state index in [1.54, 1.807) is 5.38 Å². The topological polar surface area (TPSA) is 65.2 Å². The fraction of sp³-hybridized carbons (Fsp3) is 0.750. The zero-order chi connectivity index (χ0) is 15.4. The number of fused-ring (bicyclic) bond motifs is 2. The first kappa shape index (κ1) is 15.0. The maximum Gasteiger partial charge on any atom is 0.358 e. The lowest BCUT2D eigenvalue weighted by Crippen LogP contribution is -2.38. The molecule has 4 atom stereocenters. The van der Waals surface area contributed by atoms with Crippen molar-refractivity contribution in [2.75, 3.05) is 0 Å². The van der Waals surface area contributed by atoms with Crippen LogP contribution in [0.2, 0.25) is 0 Å². The lowest BCUT2D eigenvalue weighted by atomic mass is 9.70. The van der Waals surface area contributed by atoms with E-state index in [-0.39, 0.29) is 28.9 Å². The summed E-state index contributed by atoms with van der Waals surface area (Å²) in [5.41, 5.74) is 6.53. The first-order chi connectivity index (χ1) is 9.75. The van der Waals surface area contributed by atoms with Gasteiger partial charge in [-0.15, -0.1) is 11.3 Å². The number of thiazole rings is 1. The SMILES string of the molecule is CC(N)c1nc(C(=O)OC2CC3CCC2(C)C3(C)C)cs1. The molecule has 2 fully saturated rings. The van der Waals surface area contributed by atoms with Crippen LogP contribution in [0.1, 0.15) is 68.5 Å². The molecule has 1 heterocycles. The minimum atomic E-state index is -0.298. The van der Waals surface area contributed by atoms with Crippen molar-refractivity contribution in [3.05, 3.63) is 16.1 Å². The van der Waals surface area contributed by atoms with Crippen LogP contribution in [-0.2, 0) is 4.74 Å². The predicted octanol–water partition coefficient (Wildman–Crippen LogP) is 3.53. The molecule has 21 heavy (non-hydrogen) atoms. The summed E-state index contributed by atoms with van der Waals surface area (Å²) in [6.45, 7) is 8.77. The Labute approximate surface area is 130 Å². The van der Waals surface area contributed by atoms with Crippen molar-refractivity contribution in [1.29, 1.82) is 0 Å². The highest BCUT2D eigenvalue weighted by Crippen LogP contribution is 2.66. The third-order valence-corrected chi connectivity index (χ3v) is 7.13. The van der Waals surface area contributed by atoms with Gasteiger partial charge in [-0.05, 0) is 37.5 Å². The summed E-state index contributed by atoms with van der Waals surface area (Å²) < 4.78 is 5.83. The van der Waals surface area contributed by atoms with Gasteiger partial charge in [-0.3, -0.25) is 0 Å². The van der Waals surface area contributed by atoms with Gasteiger partial charge in [0.25, 0.3) is 0 Å². The quantitative estimate of drug-likeness (QED) is 0.867. The highest BCUT2D eigenvalue weighted by atomic mass is 32.1. The highest BCUT2D eigenvalue weighted by Gasteiger charge is 2.62. The molecule has 0 spiro atoms. The third kappa shape index (κ3) is 2.13. The molecule has 2 bridgehead atoms. The third-order valence-electron chi connectivity index (χ3n) is 6.08. The number of hydrogen-bond acceptors (Lipinski definition) is 5. The number of nitrogens with zero attached hydrogens (tertiary/aromatic N) is 1. The maximum atomic E-state index is 12.3. The first-order valence-electron chi connectivity index (χ1n) is 7.67. The molecule has 0 aliphatic heterocycles. The van der Waals surface area contributed by atoms with Gasteiger partial charge in [0, 0.05) is 10.8 Å². The molecule has 0 amide bonds. The van der Waals surface area contributed by atoms with Gasteiger partial charge < -0.3 is 10.5 Å². The summed E-state index contributed by atoms with van der Waals surface area (Å²) in [5.74, 6) is 0.364. The Bertz CT molecular complexity index is 566.